The molecule has 0 radical (unpaired) electrons. The molecule has 0 saturated heterocycles. The summed E-state index contributed by atoms with van der Waals surface area (Å²) >= 11 is 1.79. The van der Waals surface area contributed by atoms with Crippen molar-refractivity contribution < 1.29 is 0 Å². The number of allylic oxidation sites excluding steroid dienone is 9. The summed E-state index contributed by atoms with van der Waals surface area (Å²) < 4.78 is 0. The Morgan fingerprint density at radius 2 is 1.33 bits per heavy atom. The summed E-state index contributed by atoms with van der Waals surface area (Å²) in [4.78, 5) is 0. The van der Waals surface area contributed by atoms with Crippen LogP contribution in [0.25, 0.3) is 0 Å². The van der Waals surface area contributed by atoms with E-state index in [1.54, 1.807) is 11.3 Å². The second-order valence-corrected chi connectivity index (χ2v) is 8.37. The van der Waals surface area contributed by atoms with Crippen molar-refractivity contribution in [3.63, 3.8) is 0 Å². The van der Waals surface area contributed by atoms with Crippen LogP contribution in [0.2, 0.25) is 0 Å². The maximum atomic E-state index is 3.80. The quantitative estimate of drug-likeness (QED) is 0.236. The smallest absolute Gasteiger partial charge is 0.00611 e. The Balaban J connectivity index is 2.20. The lowest BCUT2D eigenvalue weighted by molar-refractivity contribution is 0.894. The van der Waals surface area contributed by atoms with Gasteiger partial charge in [-0.2, -0.15) is 11.3 Å². The molecule has 1 rings (SSSR count). The summed E-state index contributed by atoms with van der Waals surface area (Å²) in [6.07, 6.45) is 20.7. The Bertz CT molecular complexity index is 650. The van der Waals surface area contributed by atoms with Crippen LogP contribution in [0.3, 0.4) is 0 Å². The normalized spacial score (nSPS) is 13.9. The van der Waals surface area contributed by atoms with Gasteiger partial charge in [0.1, 0.15) is 0 Å². The van der Waals surface area contributed by atoms with Crippen LogP contribution in [-0.4, -0.2) is 0 Å². The van der Waals surface area contributed by atoms with Gasteiger partial charge in [0.15, 0.2) is 0 Å². The summed E-state index contributed by atoms with van der Waals surface area (Å²) in [6, 6.07) is 2.23. The monoisotopic (exact) mass is 382 g/mol. The van der Waals surface area contributed by atoms with Crippen molar-refractivity contribution in [3.8, 4) is 0 Å². The lowest BCUT2D eigenvalue weighted by Gasteiger charge is -2.03. The molecule has 0 unspecified atom stereocenters. The van der Waals surface area contributed by atoms with Crippen LogP contribution in [0.15, 0.2) is 76.1 Å². The lowest BCUT2D eigenvalue weighted by Crippen LogP contribution is -1.83. The van der Waals surface area contributed by atoms with Crippen LogP contribution in [0.1, 0.15) is 78.2 Å². The lowest BCUT2D eigenvalue weighted by atomic mass is 10.0. The number of aryl methyl sites for hydroxylation is 1. The third kappa shape index (κ3) is 12.4. The highest BCUT2D eigenvalue weighted by atomic mass is 32.1. The molecule has 0 nitrogen and oxygen atoms in total. The summed E-state index contributed by atoms with van der Waals surface area (Å²) in [6.45, 7) is 12.7. The molecule has 0 saturated carbocycles. The molecule has 1 aromatic heterocycles. The van der Waals surface area contributed by atoms with E-state index in [1.165, 1.54) is 53.5 Å². The predicted molar refractivity (Wildman–Crippen MR) is 126 cm³/mol. The Kier molecular flexibility index (Phi) is 12.6. The highest BCUT2D eigenvalue weighted by molar-refractivity contribution is 7.07. The van der Waals surface area contributed by atoms with Crippen LogP contribution >= 0.6 is 11.3 Å². The highest BCUT2D eigenvalue weighted by Gasteiger charge is 1.95. The summed E-state index contributed by atoms with van der Waals surface area (Å²) in [5.41, 5.74) is 7.29. The number of rotatable bonds is 13. The highest BCUT2D eigenvalue weighted by Crippen LogP contribution is 2.15. The largest absolute Gasteiger partial charge is 0.152 e. The van der Waals surface area contributed by atoms with Gasteiger partial charge in [-0.3, -0.25) is 0 Å². The molecule has 0 spiro atoms. The van der Waals surface area contributed by atoms with Crippen molar-refractivity contribution in [2.45, 2.75) is 79.1 Å². The first-order valence-electron chi connectivity index (χ1n) is 10.3. The van der Waals surface area contributed by atoms with E-state index >= 15 is 0 Å². The van der Waals surface area contributed by atoms with E-state index in [1.807, 2.05) is 6.08 Å². The van der Waals surface area contributed by atoms with Gasteiger partial charge < -0.3 is 0 Å². The van der Waals surface area contributed by atoms with Crippen molar-refractivity contribution in [2.24, 2.45) is 0 Å². The molecule has 0 fully saturated rings. The predicted octanol–water partition coefficient (Wildman–Crippen LogP) is 8.99. The zero-order valence-electron chi connectivity index (χ0n) is 17.9. The molecular formula is C26H38S. The van der Waals surface area contributed by atoms with Gasteiger partial charge in [-0.05, 0) is 101 Å². The topological polar surface area (TPSA) is 0 Å². The van der Waals surface area contributed by atoms with Crippen molar-refractivity contribution in [1.29, 1.82) is 0 Å². The minimum Gasteiger partial charge on any atom is -0.152 e. The van der Waals surface area contributed by atoms with Gasteiger partial charge in [-0.15, -0.1) is 0 Å². The Morgan fingerprint density at radius 1 is 0.815 bits per heavy atom. The van der Waals surface area contributed by atoms with Gasteiger partial charge in [0.2, 0.25) is 0 Å². The maximum Gasteiger partial charge on any atom is -0.00611 e. The molecule has 0 N–H and O–H groups in total. The first kappa shape index (κ1) is 23.4. The average molecular weight is 383 g/mol. The van der Waals surface area contributed by atoms with Crippen LogP contribution in [0.4, 0.5) is 0 Å². The zero-order valence-corrected chi connectivity index (χ0v) is 18.7. The van der Waals surface area contributed by atoms with E-state index in [0.717, 1.165) is 25.7 Å². The summed E-state index contributed by atoms with van der Waals surface area (Å²) in [5, 5.41) is 4.42. The van der Waals surface area contributed by atoms with Gasteiger partial charge in [0, 0.05) is 0 Å². The minimum absolute atomic E-state index is 1.12. The molecule has 1 heteroatoms. The Hall–Kier alpha value is -1.60. The molecule has 1 aromatic rings. The second-order valence-electron chi connectivity index (χ2n) is 7.59. The van der Waals surface area contributed by atoms with Crippen LogP contribution in [0.5, 0.6) is 0 Å². The number of hydrogen-bond donors (Lipinski definition) is 0. The third-order valence-corrected chi connectivity index (χ3v) is 5.63. The molecule has 0 aliphatic heterocycles. The van der Waals surface area contributed by atoms with Crippen LogP contribution in [-0.2, 0) is 6.42 Å². The molecule has 0 amide bonds. The number of thiophene rings is 1. The number of hydrogen-bond acceptors (Lipinski definition) is 1. The van der Waals surface area contributed by atoms with Crippen molar-refractivity contribution in [3.05, 3.63) is 81.6 Å². The molecule has 0 aliphatic rings. The first-order valence-corrected chi connectivity index (χ1v) is 11.2. The van der Waals surface area contributed by atoms with Gasteiger partial charge in [-0.1, -0.05) is 59.3 Å². The van der Waals surface area contributed by atoms with Gasteiger partial charge >= 0.3 is 0 Å². The van der Waals surface area contributed by atoms with Crippen molar-refractivity contribution in [1.82, 2.24) is 0 Å². The minimum atomic E-state index is 1.12. The SMILES string of the molecule is C=C/C(C)=C/CC/C(C)=C/CC/C(C)=C/CC/C(C)=C/CCc1ccsc1. The average Bonchev–Trinajstić information content (AvgIpc) is 3.15. The van der Waals surface area contributed by atoms with Gasteiger partial charge in [0.05, 0.1) is 0 Å². The van der Waals surface area contributed by atoms with Gasteiger partial charge in [-0.25, -0.2) is 0 Å². The fourth-order valence-corrected chi connectivity index (χ4v) is 3.63. The molecule has 148 valence electrons. The van der Waals surface area contributed by atoms with Crippen LogP contribution in [0, 0.1) is 0 Å². The van der Waals surface area contributed by atoms with Crippen molar-refractivity contribution in [2.75, 3.05) is 0 Å². The fourth-order valence-electron chi connectivity index (χ4n) is 2.93. The van der Waals surface area contributed by atoms with E-state index in [4.69, 9.17) is 0 Å². The molecule has 0 aromatic carbocycles. The van der Waals surface area contributed by atoms with E-state index in [0.29, 0.717) is 0 Å². The molecule has 0 bridgehead atoms. The maximum absolute atomic E-state index is 3.80. The standard InChI is InChI=1S/C26H38S/c1-6-22(2)11-7-12-23(3)13-8-14-24(4)15-9-16-25(5)17-10-18-26-19-20-27-21-26/h6,11,13,15,17,19-21H,1,7-10,12,14,16,18H2,2-5H3/b22-11+,23-13+,24-15+,25-17+. The fraction of sp³-hybridized carbons (Fsp3) is 0.462. The summed E-state index contributed by atoms with van der Waals surface area (Å²) in [7, 11) is 0. The molecule has 1 heterocycles. The summed E-state index contributed by atoms with van der Waals surface area (Å²) in [5.74, 6) is 0. The third-order valence-electron chi connectivity index (χ3n) is 4.90. The van der Waals surface area contributed by atoms with Gasteiger partial charge in [0.25, 0.3) is 0 Å². The second kappa shape index (κ2) is 14.5. The molecule has 0 atom stereocenters. The van der Waals surface area contributed by atoms with Crippen molar-refractivity contribution >= 4 is 11.3 Å². The molecule has 27 heavy (non-hydrogen) atoms. The zero-order chi connectivity index (χ0) is 19.9. The van der Waals surface area contributed by atoms with E-state index in [-0.39, 0.29) is 0 Å². The van der Waals surface area contributed by atoms with E-state index < -0.39 is 0 Å². The molecule has 0 aliphatic carbocycles. The Labute approximate surface area is 172 Å². The van der Waals surface area contributed by atoms with Crippen LogP contribution < -0.4 is 0 Å². The first-order chi connectivity index (χ1) is 13.0. The Morgan fingerprint density at radius 3 is 1.81 bits per heavy atom. The van der Waals surface area contributed by atoms with E-state index in [2.05, 4.69) is 75.4 Å². The molecular weight excluding hydrogens is 344 g/mol. The van der Waals surface area contributed by atoms with E-state index in [9.17, 15) is 0 Å².